The molecule has 2 heterocycles. The quantitative estimate of drug-likeness (QED) is 0.493. The fourth-order valence-corrected chi connectivity index (χ4v) is 6.48. The summed E-state index contributed by atoms with van der Waals surface area (Å²) in [6.45, 7) is 11.4. The molecule has 11 heteroatoms. The highest BCUT2D eigenvalue weighted by Crippen LogP contribution is 2.50. The van der Waals surface area contributed by atoms with Crippen molar-refractivity contribution < 1.29 is 27.6 Å². The maximum Gasteiger partial charge on any atom is 0.413 e. The number of hydrogen-bond acceptors (Lipinski definition) is 8. The van der Waals surface area contributed by atoms with Gasteiger partial charge in [-0.2, -0.15) is 0 Å². The minimum absolute atomic E-state index is 0.0856. The molecule has 1 aromatic carbocycles. The van der Waals surface area contributed by atoms with Crippen LogP contribution in [0.1, 0.15) is 60.5 Å². The number of nitrogens with zero attached hydrogens (tertiary/aromatic N) is 2. The molecule has 176 valence electrons. The lowest BCUT2D eigenvalue weighted by Gasteiger charge is -2.44. The van der Waals surface area contributed by atoms with E-state index in [0.29, 0.717) is 5.75 Å². The molecule has 1 N–H and O–H groups in total. The summed E-state index contributed by atoms with van der Waals surface area (Å²) in [5, 5.41) is 12.9. The standard InChI is InChI=1S/C21H29N3O7S/c1-12-10-16-21(7,14-11-13(24(26)27)8-9-15(14)30-12)23-17(20(5,6)32(16,28)29)22-18(25)31-19(2,3)4/h8-9,11-12,16H,10H2,1-7H3,(H,22,23,25)/t12-,16-,21-/m1/s1. The maximum atomic E-state index is 13.8. The van der Waals surface area contributed by atoms with Crippen LogP contribution in [0.4, 0.5) is 10.5 Å². The van der Waals surface area contributed by atoms with Gasteiger partial charge in [-0.15, -0.1) is 0 Å². The van der Waals surface area contributed by atoms with E-state index < -0.39 is 48.1 Å². The second-order valence-corrected chi connectivity index (χ2v) is 12.6. The van der Waals surface area contributed by atoms with Crippen LogP contribution >= 0.6 is 0 Å². The van der Waals surface area contributed by atoms with Crippen molar-refractivity contribution >= 4 is 27.5 Å². The second-order valence-electron chi connectivity index (χ2n) is 9.88. The number of hydrogen-bond donors (Lipinski definition) is 1. The molecule has 0 bridgehead atoms. The van der Waals surface area contributed by atoms with Gasteiger partial charge in [0.25, 0.3) is 5.69 Å². The number of nitro benzene ring substituents is 1. The Morgan fingerprint density at radius 2 is 1.94 bits per heavy atom. The third-order valence-corrected chi connectivity index (χ3v) is 8.86. The van der Waals surface area contributed by atoms with E-state index in [-0.39, 0.29) is 23.5 Å². The SMILES string of the molecule is C[C@@H]1C[C@@H]2[C@](C)(N=C(NC(=O)OC(C)(C)C)C(C)(C)S2(=O)=O)c2cc([N+](=O)[O-])ccc2O1. The van der Waals surface area contributed by atoms with Gasteiger partial charge in [-0.1, -0.05) is 0 Å². The molecule has 0 fully saturated rings. The largest absolute Gasteiger partial charge is 0.490 e. The van der Waals surface area contributed by atoms with Gasteiger partial charge < -0.3 is 9.47 Å². The van der Waals surface area contributed by atoms with Gasteiger partial charge in [0.1, 0.15) is 27.5 Å². The number of carbonyl (C=O) groups is 1. The van der Waals surface area contributed by atoms with Crippen LogP contribution in [0.5, 0.6) is 5.75 Å². The molecule has 3 rings (SSSR count). The van der Waals surface area contributed by atoms with Crippen LogP contribution in [-0.2, 0) is 20.1 Å². The van der Waals surface area contributed by atoms with Crippen molar-refractivity contribution in [2.45, 2.75) is 82.1 Å². The molecule has 2 aliphatic rings. The van der Waals surface area contributed by atoms with Crippen molar-refractivity contribution in [2.24, 2.45) is 4.99 Å². The van der Waals surface area contributed by atoms with Crippen LogP contribution < -0.4 is 10.1 Å². The Morgan fingerprint density at radius 3 is 2.50 bits per heavy atom. The summed E-state index contributed by atoms with van der Waals surface area (Å²) in [5.74, 6) is 0.237. The van der Waals surface area contributed by atoms with Crippen molar-refractivity contribution in [2.75, 3.05) is 0 Å². The Bertz CT molecular complexity index is 1100. The summed E-state index contributed by atoms with van der Waals surface area (Å²) in [5.41, 5.74) is -2.15. The molecule has 0 saturated carbocycles. The second kappa shape index (κ2) is 7.43. The maximum absolute atomic E-state index is 13.8. The van der Waals surface area contributed by atoms with E-state index in [2.05, 4.69) is 5.32 Å². The summed E-state index contributed by atoms with van der Waals surface area (Å²) < 4.78 is 37.3. The Kier molecular flexibility index (Phi) is 5.56. The number of non-ortho nitro benzene ring substituents is 1. The van der Waals surface area contributed by atoms with E-state index in [9.17, 15) is 23.3 Å². The minimum Gasteiger partial charge on any atom is -0.490 e. The van der Waals surface area contributed by atoms with Crippen molar-refractivity contribution in [1.82, 2.24) is 5.32 Å². The lowest BCUT2D eigenvalue weighted by molar-refractivity contribution is -0.385. The third kappa shape index (κ3) is 3.94. The van der Waals surface area contributed by atoms with E-state index in [4.69, 9.17) is 14.5 Å². The van der Waals surface area contributed by atoms with E-state index in [1.807, 2.05) is 0 Å². The molecule has 32 heavy (non-hydrogen) atoms. The summed E-state index contributed by atoms with van der Waals surface area (Å²) in [4.78, 5) is 28.0. The molecule has 0 spiro atoms. The predicted octanol–water partition coefficient (Wildman–Crippen LogP) is 3.48. The van der Waals surface area contributed by atoms with Gasteiger partial charge in [0, 0.05) is 24.1 Å². The zero-order chi connectivity index (χ0) is 24.3. The fraction of sp³-hybridized carbons (Fsp3) is 0.619. The lowest BCUT2D eigenvalue weighted by atomic mass is 9.85. The average Bonchev–Trinajstić information content (AvgIpc) is 2.73. The number of sulfone groups is 1. The fourth-order valence-electron chi connectivity index (χ4n) is 4.10. The Hall–Kier alpha value is -2.69. The van der Waals surface area contributed by atoms with E-state index in [0.717, 1.165) is 0 Å². The third-order valence-electron chi connectivity index (χ3n) is 5.84. The van der Waals surface area contributed by atoms with Crippen LogP contribution in [0.25, 0.3) is 0 Å². The highest BCUT2D eigenvalue weighted by Gasteiger charge is 2.59. The monoisotopic (exact) mass is 467 g/mol. The average molecular weight is 468 g/mol. The van der Waals surface area contributed by atoms with Crippen LogP contribution in [0.2, 0.25) is 0 Å². The first-order valence-corrected chi connectivity index (χ1v) is 11.8. The number of amidine groups is 1. The summed E-state index contributed by atoms with van der Waals surface area (Å²) in [6.07, 6.45) is -1.17. The molecule has 0 aromatic heterocycles. The van der Waals surface area contributed by atoms with Crippen molar-refractivity contribution in [3.05, 3.63) is 33.9 Å². The Labute approximate surface area is 187 Å². The van der Waals surface area contributed by atoms with Crippen LogP contribution in [0.3, 0.4) is 0 Å². The molecule has 2 aliphatic heterocycles. The summed E-state index contributed by atoms with van der Waals surface area (Å²) in [7, 11) is -3.94. The number of rotatable bonds is 1. The molecular formula is C21H29N3O7S. The number of nitrogens with one attached hydrogen (secondary N) is 1. The van der Waals surface area contributed by atoms with Gasteiger partial charge in [0.15, 0.2) is 9.84 Å². The van der Waals surface area contributed by atoms with Gasteiger partial charge in [0.05, 0.1) is 16.3 Å². The van der Waals surface area contributed by atoms with Crippen molar-refractivity contribution in [1.29, 1.82) is 0 Å². The minimum atomic E-state index is -3.94. The molecular weight excluding hydrogens is 438 g/mol. The van der Waals surface area contributed by atoms with E-state index >= 15 is 0 Å². The first-order valence-electron chi connectivity index (χ1n) is 10.3. The van der Waals surface area contributed by atoms with E-state index in [1.165, 1.54) is 32.0 Å². The molecule has 3 atom stereocenters. The van der Waals surface area contributed by atoms with Crippen LogP contribution in [0, 0.1) is 10.1 Å². The highest BCUT2D eigenvalue weighted by atomic mass is 32.2. The Balaban J connectivity index is 2.25. The molecule has 10 nitrogen and oxygen atoms in total. The van der Waals surface area contributed by atoms with E-state index in [1.54, 1.807) is 34.6 Å². The van der Waals surface area contributed by atoms with Crippen molar-refractivity contribution in [3.8, 4) is 5.75 Å². The number of benzene rings is 1. The smallest absolute Gasteiger partial charge is 0.413 e. The molecule has 0 saturated heterocycles. The Morgan fingerprint density at radius 1 is 1.31 bits per heavy atom. The number of carbonyl (C=O) groups excluding carboxylic acids is 1. The first kappa shape index (κ1) is 24.0. The summed E-state index contributed by atoms with van der Waals surface area (Å²) in [6, 6.07) is 4.06. The zero-order valence-corrected chi connectivity index (χ0v) is 20.1. The van der Waals surface area contributed by atoms with Gasteiger partial charge >= 0.3 is 6.09 Å². The zero-order valence-electron chi connectivity index (χ0n) is 19.3. The van der Waals surface area contributed by atoms with Gasteiger partial charge in [-0.25, -0.2) is 13.2 Å². The van der Waals surface area contributed by atoms with Crippen molar-refractivity contribution in [3.63, 3.8) is 0 Å². The molecule has 0 radical (unpaired) electrons. The van der Waals surface area contributed by atoms with Gasteiger partial charge in [-0.3, -0.25) is 20.4 Å². The summed E-state index contributed by atoms with van der Waals surface area (Å²) >= 11 is 0. The van der Waals surface area contributed by atoms with Crippen LogP contribution in [0.15, 0.2) is 23.2 Å². The number of ether oxygens (including phenoxy) is 2. The molecule has 0 unspecified atom stereocenters. The number of amides is 1. The first-order chi connectivity index (χ1) is 14.5. The number of aliphatic imine (C=N–C) groups is 1. The molecule has 0 aliphatic carbocycles. The topological polar surface area (TPSA) is 137 Å². The van der Waals surface area contributed by atoms with Gasteiger partial charge in [-0.05, 0) is 54.5 Å². The molecule has 1 amide bonds. The number of nitro groups is 1. The van der Waals surface area contributed by atoms with Crippen LogP contribution in [-0.4, -0.2) is 47.0 Å². The normalized spacial score (nSPS) is 28.2. The number of fused-ring (bicyclic) bond motifs is 3. The lowest BCUT2D eigenvalue weighted by Crippen LogP contribution is -2.62. The molecule has 1 aromatic rings. The number of alkyl carbamates (subject to hydrolysis) is 1. The van der Waals surface area contributed by atoms with Gasteiger partial charge in [0.2, 0.25) is 0 Å². The predicted molar refractivity (Wildman–Crippen MR) is 119 cm³/mol. The highest BCUT2D eigenvalue weighted by molar-refractivity contribution is 7.94.